The zero-order chi connectivity index (χ0) is 17.2. The van der Waals surface area contributed by atoms with E-state index >= 15 is 0 Å². The summed E-state index contributed by atoms with van der Waals surface area (Å²) in [5.74, 6) is -0.0148. The number of hydrogen-bond acceptors (Lipinski definition) is 3. The van der Waals surface area contributed by atoms with Crippen molar-refractivity contribution >= 4 is 39.1 Å². The molecule has 0 spiro atoms. The Bertz CT molecular complexity index is 708. The van der Waals surface area contributed by atoms with Gasteiger partial charge in [0.1, 0.15) is 18.5 Å². The van der Waals surface area contributed by atoms with Gasteiger partial charge in [0.2, 0.25) is 5.79 Å². The van der Waals surface area contributed by atoms with Crippen LogP contribution in [0.5, 0.6) is 5.75 Å². The maximum atomic E-state index is 6.15. The summed E-state index contributed by atoms with van der Waals surface area (Å²) >= 11 is 15.4. The molecule has 2 aromatic carbocycles. The molecule has 0 radical (unpaired) electrons. The summed E-state index contributed by atoms with van der Waals surface area (Å²) in [4.78, 5) is 0. The predicted octanol–water partition coefficient (Wildman–Crippen LogP) is 5.34. The second-order valence-corrected chi connectivity index (χ2v) is 7.10. The van der Waals surface area contributed by atoms with Crippen LogP contribution in [0.3, 0.4) is 0 Å². The maximum absolute atomic E-state index is 6.15. The zero-order valence-electron chi connectivity index (χ0n) is 13.1. The van der Waals surface area contributed by atoms with Gasteiger partial charge in [-0.3, -0.25) is 0 Å². The molecule has 1 aliphatic rings. The van der Waals surface area contributed by atoms with Crippen LogP contribution in [0.2, 0.25) is 10.0 Å². The number of hydrogen-bond donors (Lipinski definition) is 0. The number of alkyl halides is 1. The molecule has 2 atom stereocenters. The van der Waals surface area contributed by atoms with E-state index in [-0.39, 0.29) is 6.10 Å². The normalized spacial score (nSPS) is 23.4. The van der Waals surface area contributed by atoms with Crippen LogP contribution in [0.25, 0.3) is 0 Å². The fraction of sp³-hybridized carbons (Fsp3) is 0.333. The van der Waals surface area contributed by atoms with Crippen LogP contribution in [-0.4, -0.2) is 24.6 Å². The minimum absolute atomic E-state index is 0.159. The monoisotopic (exact) mass is 430 g/mol. The molecule has 6 heteroatoms. The lowest BCUT2D eigenvalue weighted by atomic mass is 10.1. The van der Waals surface area contributed by atoms with Gasteiger partial charge in [0.15, 0.2) is 0 Å². The van der Waals surface area contributed by atoms with E-state index in [2.05, 4.69) is 15.9 Å². The Hall–Kier alpha value is -0.780. The van der Waals surface area contributed by atoms with E-state index in [0.29, 0.717) is 28.6 Å². The minimum Gasteiger partial charge on any atom is -0.491 e. The highest BCUT2D eigenvalue weighted by Gasteiger charge is 2.42. The first-order valence-corrected chi connectivity index (χ1v) is 9.43. The van der Waals surface area contributed by atoms with Gasteiger partial charge < -0.3 is 14.2 Å². The summed E-state index contributed by atoms with van der Waals surface area (Å²) in [6.07, 6.45) is -0.159. The van der Waals surface area contributed by atoms with Gasteiger partial charge in [0.05, 0.1) is 11.9 Å². The summed E-state index contributed by atoms with van der Waals surface area (Å²) in [5, 5.41) is 1.90. The second-order valence-electron chi connectivity index (χ2n) is 5.67. The number of halogens is 3. The SMILES string of the molecule is Cc1cc(Cl)ccc1OCC1COC(CBr)(c2ccc(Cl)cc2)O1. The third-order valence-electron chi connectivity index (χ3n) is 3.88. The van der Waals surface area contributed by atoms with Gasteiger partial charge in [-0.2, -0.15) is 0 Å². The highest BCUT2D eigenvalue weighted by atomic mass is 79.9. The van der Waals surface area contributed by atoms with E-state index in [4.69, 9.17) is 37.4 Å². The lowest BCUT2D eigenvalue weighted by molar-refractivity contribution is -0.159. The third-order valence-corrected chi connectivity index (χ3v) is 5.11. The first-order chi connectivity index (χ1) is 11.5. The van der Waals surface area contributed by atoms with Crippen LogP contribution in [0.1, 0.15) is 11.1 Å². The van der Waals surface area contributed by atoms with Crippen LogP contribution in [0.4, 0.5) is 0 Å². The van der Waals surface area contributed by atoms with Crippen molar-refractivity contribution in [1.82, 2.24) is 0 Å². The highest BCUT2D eigenvalue weighted by Crippen LogP contribution is 2.36. The van der Waals surface area contributed by atoms with Gasteiger partial charge in [-0.25, -0.2) is 0 Å². The van der Waals surface area contributed by atoms with Gasteiger partial charge in [0.25, 0.3) is 0 Å². The average molecular weight is 432 g/mol. The van der Waals surface area contributed by atoms with E-state index in [0.717, 1.165) is 16.9 Å². The summed E-state index contributed by atoms with van der Waals surface area (Å²) in [6, 6.07) is 13.0. The van der Waals surface area contributed by atoms with Gasteiger partial charge in [0, 0.05) is 15.6 Å². The van der Waals surface area contributed by atoms with E-state index < -0.39 is 5.79 Å². The van der Waals surface area contributed by atoms with E-state index in [1.807, 2.05) is 49.4 Å². The molecule has 1 fully saturated rings. The molecule has 3 nitrogen and oxygen atoms in total. The average Bonchev–Trinajstić information content (AvgIpc) is 2.99. The summed E-state index contributed by atoms with van der Waals surface area (Å²) in [6.45, 7) is 2.83. The van der Waals surface area contributed by atoms with Crippen LogP contribution >= 0.6 is 39.1 Å². The molecule has 2 aromatic rings. The van der Waals surface area contributed by atoms with Crippen LogP contribution in [-0.2, 0) is 15.3 Å². The fourth-order valence-corrected chi connectivity index (χ4v) is 3.58. The molecule has 24 heavy (non-hydrogen) atoms. The molecule has 0 aromatic heterocycles. The van der Waals surface area contributed by atoms with E-state index in [1.165, 1.54) is 0 Å². The van der Waals surface area contributed by atoms with E-state index in [1.54, 1.807) is 0 Å². The van der Waals surface area contributed by atoms with E-state index in [9.17, 15) is 0 Å². The Morgan fingerprint density at radius 2 is 1.88 bits per heavy atom. The lowest BCUT2D eigenvalue weighted by Gasteiger charge is -2.26. The Labute approximate surface area is 159 Å². The zero-order valence-corrected chi connectivity index (χ0v) is 16.2. The summed E-state index contributed by atoms with van der Waals surface area (Å²) < 4.78 is 18.0. The van der Waals surface area contributed by atoms with Crippen LogP contribution in [0.15, 0.2) is 42.5 Å². The third kappa shape index (κ3) is 3.89. The quantitative estimate of drug-likeness (QED) is 0.597. The molecule has 0 N–H and O–H groups in total. The molecule has 3 rings (SSSR count). The number of ether oxygens (including phenoxy) is 3. The van der Waals surface area contributed by atoms with Crippen molar-refractivity contribution in [3.05, 3.63) is 63.6 Å². The smallest absolute Gasteiger partial charge is 0.205 e. The highest BCUT2D eigenvalue weighted by molar-refractivity contribution is 9.09. The molecular weight excluding hydrogens is 415 g/mol. The molecule has 1 saturated heterocycles. The molecule has 1 aliphatic heterocycles. The van der Waals surface area contributed by atoms with Crippen molar-refractivity contribution in [2.75, 3.05) is 18.5 Å². The Morgan fingerprint density at radius 1 is 1.17 bits per heavy atom. The first kappa shape index (κ1) is 18.0. The molecule has 0 bridgehead atoms. The Morgan fingerprint density at radius 3 is 2.54 bits per heavy atom. The lowest BCUT2D eigenvalue weighted by Crippen LogP contribution is -2.31. The van der Waals surface area contributed by atoms with Gasteiger partial charge >= 0.3 is 0 Å². The summed E-state index contributed by atoms with van der Waals surface area (Å²) in [5.41, 5.74) is 1.92. The number of benzene rings is 2. The van der Waals surface area contributed by atoms with Crippen molar-refractivity contribution in [2.45, 2.75) is 18.8 Å². The number of rotatable bonds is 5. The minimum atomic E-state index is -0.812. The van der Waals surface area contributed by atoms with Crippen molar-refractivity contribution in [3.8, 4) is 5.75 Å². The van der Waals surface area contributed by atoms with Crippen LogP contribution in [0, 0.1) is 6.92 Å². The Balaban J connectivity index is 1.66. The Kier molecular flexibility index (Phi) is 5.73. The van der Waals surface area contributed by atoms with Crippen molar-refractivity contribution in [3.63, 3.8) is 0 Å². The molecule has 0 amide bonds. The van der Waals surface area contributed by atoms with Gasteiger partial charge in [-0.05, 0) is 42.8 Å². The molecule has 2 unspecified atom stereocenters. The fourth-order valence-electron chi connectivity index (χ4n) is 2.61. The van der Waals surface area contributed by atoms with Gasteiger partial charge in [-0.1, -0.05) is 51.3 Å². The standard InChI is InChI=1S/C18H17BrCl2O3/c1-12-8-15(21)6-7-17(12)22-9-16-10-23-18(11-19,24-16)13-2-4-14(20)5-3-13/h2-8,16H,9-11H2,1H3. The van der Waals surface area contributed by atoms with Crippen molar-refractivity contribution in [1.29, 1.82) is 0 Å². The largest absolute Gasteiger partial charge is 0.491 e. The summed E-state index contributed by atoms with van der Waals surface area (Å²) in [7, 11) is 0. The predicted molar refractivity (Wildman–Crippen MR) is 99.4 cm³/mol. The second kappa shape index (κ2) is 7.63. The molecule has 128 valence electrons. The molecular formula is C18H17BrCl2O3. The molecule has 1 heterocycles. The number of aryl methyl sites for hydroxylation is 1. The van der Waals surface area contributed by atoms with Crippen LogP contribution < -0.4 is 4.74 Å². The molecule has 0 aliphatic carbocycles. The topological polar surface area (TPSA) is 27.7 Å². The first-order valence-electron chi connectivity index (χ1n) is 7.55. The maximum Gasteiger partial charge on any atom is 0.205 e. The molecule has 0 saturated carbocycles. The van der Waals surface area contributed by atoms with Gasteiger partial charge in [-0.15, -0.1) is 0 Å². The van der Waals surface area contributed by atoms with Crippen molar-refractivity contribution in [2.24, 2.45) is 0 Å². The van der Waals surface area contributed by atoms with Crippen molar-refractivity contribution < 1.29 is 14.2 Å².